The van der Waals surface area contributed by atoms with Crippen LogP contribution in [0.25, 0.3) is 11.0 Å². The van der Waals surface area contributed by atoms with Crippen LogP contribution in [-0.4, -0.2) is 31.5 Å². The summed E-state index contributed by atoms with van der Waals surface area (Å²) in [6.45, 7) is 1.93. The molecule has 1 fully saturated rings. The molecule has 1 saturated heterocycles. The van der Waals surface area contributed by atoms with Crippen molar-refractivity contribution in [2.75, 3.05) is 0 Å². The average Bonchev–Trinajstić information content (AvgIpc) is 3.38. The number of carbonyl (C=O) groups is 2. The van der Waals surface area contributed by atoms with E-state index in [1.54, 1.807) is 23.9 Å². The Bertz CT molecular complexity index is 1350. The fraction of sp³-hybridized carbons (Fsp3) is 0.160. The second-order valence-electron chi connectivity index (χ2n) is 7.89. The molecule has 0 bridgehead atoms. The van der Waals surface area contributed by atoms with E-state index in [2.05, 4.69) is 15.3 Å². The van der Waals surface area contributed by atoms with Crippen molar-refractivity contribution in [1.29, 1.82) is 0 Å². The number of hydrogen-bond acceptors (Lipinski definition) is 7. The van der Waals surface area contributed by atoms with Crippen molar-refractivity contribution in [1.82, 2.24) is 15.3 Å². The van der Waals surface area contributed by atoms with Crippen LogP contribution in [0, 0.1) is 0 Å². The lowest BCUT2D eigenvalue weighted by Crippen LogP contribution is -2.25. The van der Waals surface area contributed by atoms with Crippen molar-refractivity contribution in [3.05, 3.63) is 78.1 Å². The molecule has 0 saturated carbocycles. The van der Waals surface area contributed by atoms with Gasteiger partial charge in [0, 0.05) is 9.79 Å². The number of hydrogen-bond donors (Lipinski definition) is 3. The molecule has 3 N–H and O–H groups in total. The van der Waals surface area contributed by atoms with E-state index in [1.165, 1.54) is 0 Å². The van der Waals surface area contributed by atoms with Crippen molar-refractivity contribution in [2.24, 2.45) is 0 Å². The number of imidazole rings is 1. The zero-order valence-corrected chi connectivity index (χ0v) is 19.8. The maximum atomic E-state index is 11.8. The summed E-state index contributed by atoms with van der Waals surface area (Å²) in [4.78, 5) is 33.2. The topological polar surface area (TPSA) is 104 Å². The minimum Gasteiger partial charge on any atom is -0.508 e. The minimum atomic E-state index is -0.383. The number of nitrogens with zero attached hydrogens (tertiary/aromatic N) is 1. The number of thioether (sulfide) groups is 1. The molecule has 0 radical (unpaired) electrons. The third kappa shape index (κ3) is 5.05. The van der Waals surface area contributed by atoms with Crippen molar-refractivity contribution in [3.63, 3.8) is 0 Å². The van der Waals surface area contributed by atoms with Crippen molar-refractivity contribution < 1.29 is 19.4 Å². The summed E-state index contributed by atoms with van der Waals surface area (Å²) in [5.74, 6) is 1.43. The number of rotatable bonds is 7. The molecule has 1 aliphatic rings. The SMILES string of the molecule is CC(Oc1ccc(CC2SC(=O)NC2=O)cc1)c1nc2ccc(Sc3ccc(O)cc3)cc2[nH]1. The van der Waals surface area contributed by atoms with E-state index >= 15 is 0 Å². The fourth-order valence-corrected chi connectivity index (χ4v) is 5.34. The summed E-state index contributed by atoms with van der Waals surface area (Å²) in [5.41, 5.74) is 2.74. The van der Waals surface area contributed by atoms with Crippen LogP contribution in [-0.2, 0) is 11.2 Å². The predicted molar refractivity (Wildman–Crippen MR) is 132 cm³/mol. The van der Waals surface area contributed by atoms with Gasteiger partial charge < -0.3 is 14.8 Å². The summed E-state index contributed by atoms with van der Waals surface area (Å²) in [7, 11) is 0. The Morgan fingerprint density at radius 3 is 2.50 bits per heavy atom. The lowest BCUT2D eigenvalue weighted by molar-refractivity contribution is -0.118. The predicted octanol–water partition coefficient (Wildman–Crippen LogP) is 5.45. The Kier molecular flexibility index (Phi) is 6.21. The number of ether oxygens (including phenoxy) is 1. The summed E-state index contributed by atoms with van der Waals surface area (Å²) in [6.07, 6.45) is 0.201. The van der Waals surface area contributed by atoms with Crippen LogP contribution < -0.4 is 10.1 Å². The number of aromatic hydroxyl groups is 1. The molecule has 2 amide bonds. The highest BCUT2D eigenvalue weighted by Crippen LogP contribution is 2.31. The zero-order chi connectivity index (χ0) is 23.7. The highest BCUT2D eigenvalue weighted by molar-refractivity contribution is 8.15. The van der Waals surface area contributed by atoms with Gasteiger partial charge in [-0.15, -0.1) is 0 Å². The molecule has 172 valence electrons. The van der Waals surface area contributed by atoms with Crippen LogP contribution in [0.4, 0.5) is 4.79 Å². The van der Waals surface area contributed by atoms with Crippen molar-refractivity contribution >= 4 is 45.7 Å². The number of amides is 2. The molecule has 7 nitrogen and oxygen atoms in total. The number of H-pyrrole nitrogens is 1. The van der Waals surface area contributed by atoms with Gasteiger partial charge in [0.1, 0.15) is 17.3 Å². The molecule has 9 heteroatoms. The number of carbonyl (C=O) groups excluding carboxylic acids is 2. The van der Waals surface area contributed by atoms with E-state index in [1.807, 2.05) is 61.5 Å². The number of aromatic amines is 1. The third-order valence-corrected chi connectivity index (χ3v) is 7.33. The summed E-state index contributed by atoms with van der Waals surface area (Å²) in [6, 6.07) is 20.7. The normalized spacial score (nSPS) is 16.6. The standard InChI is InChI=1S/C25H21N3O4S2/c1-14(32-17-6-2-15(3-7-17)12-22-24(30)28-25(31)34-22)23-26-20-11-10-19(13-21(20)27-23)33-18-8-4-16(29)5-9-18/h2-11,13-14,22,29H,12H2,1H3,(H,26,27)(H,28,30,31). The lowest BCUT2D eigenvalue weighted by Gasteiger charge is -2.13. The summed E-state index contributed by atoms with van der Waals surface area (Å²) < 4.78 is 6.07. The first-order chi connectivity index (χ1) is 16.4. The van der Waals surface area contributed by atoms with E-state index in [9.17, 15) is 14.7 Å². The number of nitrogens with one attached hydrogen (secondary N) is 2. The summed E-state index contributed by atoms with van der Waals surface area (Å²) in [5, 5.41) is 11.1. The number of aromatic nitrogens is 2. The fourth-order valence-electron chi connectivity index (χ4n) is 3.62. The largest absolute Gasteiger partial charge is 0.508 e. The Morgan fingerprint density at radius 2 is 1.79 bits per heavy atom. The van der Waals surface area contributed by atoms with Gasteiger partial charge in [-0.05, 0) is 73.5 Å². The van der Waals surface area contributed by atoms with Gasteiger partial charge in [-0.3, -0.25) is 14.9 Å². The molecule has 2 unspecified atom stereocenters. The first kappa shape index (κ1) is 22.4. The molecule has 0 spiro atoms. The Morgan fingerprint density at radius 1 is 1.06 bits per heavy atom. The number of benzene rings is 3. The number of fused-ring (bicyclic) bond motifs is 1. The Hall–Kier alpha value is -3.43. The molecular weight excluding hydrogens is 470 g/mol. The molecule has 0 aliphatic carbocycles. The van der Waals surface area contributed by atoms with Crippen LogP contribution >= 0.6 is 23.5 Å². The van der Waals surface area contributed by atoms with Crippen LogP contribution in [0.5, 0.6) is 11.5 Å². The third-order valence-electron chi connectivity index (χ3n) is 5.35. The quantitative estimate of drug-likeness (QED) is 0.316. The van der Waals surface area contributed by atoms with Gasteiger partial charge in [0.15, 0.2) is 6.10 Å². The Balaban J connectivity index is 1.24. The molecule has 2 heterocycles. The van der Waals surface area contributed by atoms with Gasteiger partial charge >= 0.3 is 0 Å². The molecule has 2 atom stereocenters. The zero-order valence-electron chi connectivity index (χ0n) is 18.1. The molecule has 4 aromatic rings. The first-order valence-electron chi connectivity index (χ1n) is 10.7. The minimum absolute atomic E-state index is 0.238. The van der Waals surface area contributed by atoms with Gasteiger partial charge in [-0.1, -0.05) is 35.7 Å². The lowest BCUT2D eigenvalue weighted by atomic mass is 10.1. The molecule has 5 rings (SSSR count). The van der Waals surface area contributed by atoms with E-state index in [4.69, 9.17) is 4.74 Å². The van der Waals surface area contributed by atoms with E-state index in [0.717, 1.165) is 44.0 Å². The van der Waals surface area contributed by atoms with E-state index < -0.39 is 0 Å². The second kappa shape index (κ2) is 9.44. The van der Waals surface area contributed by atoms with Crippen LogP contribution in [0.2, 0.25) is 0 Å². The second-order valence-corrected chi connectivity index (χ2v) is 10.2. The maximum absolute atomic E-state index is 11.8. The van der Waals surface area contributed by atoms with Crippen molar-refractivity contribution in [3.8, 4) is 11.5 Å². The highest BCUT2D eigenvalue weighted by atomic mass is 32.2. The highest BCUT2D eigenvalue weighted by Gasteiger charge is 2.31. The van der Waals surface area contributed by atoms with Crippen LogP contribution in [0.15, 0.2) is 76.5 Å². The van der Waals surface area contributed by atoms with Gasteiger partial charge in [0.25, 0.3) is 5.24 Å². The molecular formula is C25H21N3O4S2. The van der Waals surface area contributed by atoms with E-state index in [0.29, 0.717) is 12.2 Å². The first-order valence-corrected chi connectivity index (χ1v) is 12.4. The molecule has 1 aliphatic heterocycles. The molecule has 3 aromatic carbocycles. The summed E-state index contributed by atoms with van der Waals surface area (Å²) >= 11 is 2.64. The van der Waals surface area contributed by atoms with Gasteiger partial charge in [0.2, 0.25) is 5.91 Å². The number of imide groups is 1. The van der Waals surface area contributed by atoms with Gasteiger partial charge in [-0.2, -0.15) is 0 Å². The molecule has 1 aromatic heterocycles. The maximum Gasteiger partial charge on any atom is 0.286 e. The number of phenolic OH excluding ortho intramolecular Hbond substituents is 1. The smallest absolute Gasteiger partial charge is 0.286 e. The molecule has 34 heavy (non-hydrogen) atoms. The van der Waals surface area contributed by atoms with Gasteiger partial charge in [-0.25, -0.2) is 4.98 Å². The van der Waals surface area contributed by atoms with Crippen LogP contribution in [0.3, 0.4) is 0 Å². The average molecular weight is 492 g/mol. The van der Waals surface area contributed by atoms with E-state index in [-0.39, 0.29) is 28.2 Å². The van der Waals surface area contributed by atoms with Gasteiger partial charge in [0.05, 0.1) is 16.3 Å². The van der Waals surface area contributed by atoms with Crippen LogP contribution in [0.1, 0.15) is 24.4 Å². The monoisotopic (exact) mass is 491 g/mol. The Labute approximate surface area is 204 Å². The number of phenols is 1. The van der Waals surface area contributed by atoms with Crippen molar-refractivity contribution in [2.45, 2.75) is 34.5 Å².